The number of hydrogen-bond acceptors (Lipinski definition) is 4. The molecular weight excluding hydrogens is 261 g/mol. The summed E-state index contributed by atoms with van der Waals surface area (Å²) in [5.74, 6) is 0.202. The first-order valence-corrected chi connectivity index (χ1v) is 5.98. The van der Waals surface area contributed by atoms with Crippen LogP contribution >= 0.6 is 0 Å². The van der Waals surface area contributed by atoms with Crippen molar-refractivity contribution in [2.45, 2.75) is 6.61 Å². The second-order valence-electron chi connectivity index (χ2n) is 4.27. The maximum absolute atomic E-state index is 12.9. The summed E-state index contributed by atoms with van der Waals surface area (Å²) in [6, 6.07) is 6.14. The molecule has 0 aliphatic carbocycles. The molecule has 0 bridgehead atoms. The molecule has 0 saturated heterocycles. The van der Waals surface area contributed by atoms with Gasteiger partial charge in [-0.2, -0.15) is 0 Å². The quantitative estimate of drug-likeness (QED) is 0.726. The van der Waals surface area contributed by atoms with E-state index in [9.17, 15) is 4.39 Å². The van der Waals surface area contributed by atoms with Gasteiger partial charge in [0.05, 0.1) is 12.4 Å². The average molecular weight is 273 g/mol. The van der Waals surface area contributed by atoms with Crippen LogP contribution in [-0.4, -0.2) is 24.5 Å². The highest BCUT2D eigenvalue weighted by atomic mass is 19.1. The number of aryl methyl sites for hydroxylation is 1. The monoisotopic (exact) mass is 273 g/mol. The van der Waals surface area contributed by atoms with Gasteiger partial charge in [-0.3, -0.25) is 4.68 Å². The topological polar surface area (TPSA) is 57.8 Å². The smallest absolute Gasteiger partial charge is 0.232 e. The van der Waals surface area contributed by atoms with Crippen molar-refractivity contribution in [2.24, 2.45) is 7.05 Å². The average Bonchev–Trinajstić information content (AvgIpc) is 3.06. The van der Waals surface area contributed by atoms with E-state index >= 15 is 0 Å². The lowest BCUT2D eigenvalue weighted by Crippen LogP contribution is -1.96. The van der Waals surface area contributed by atoms with Crippen LogP contribution in [0.1, 0.15) is 5.69 Å². The van der Waals surface area contributed by atoms with E-state index in [1.54, 1.807) is 47.2 Å². The molecule has 0 amide bonds. The highest BCUT2D eigenvalue weighted by Gasteiger charge is 2.04. The van der Waals surface area contributed by atoms with Gasteiger partial charge >= 0.3 is 0 Å². The van der Waals surface area contributed by atoms with Gasteiger partial charge in [-0.15, -0.1) is 5.10 Å². The van der Waals surface area contributed by atoms with Crippen molar-refractivity contribution in [1.82, 2.24) is 24.5 Å². The Kier molecular flexibility index (Phi) is 3.16. The molecule has 0 saturated carbocycles. The second kappa shape index (κ2) is 5.12. The van der Waals surface area contributed by atoms with E-state index in [1.807, 2.05) is 0 Å². The van der Waals surface area contributed by atoms with E-state index in [1.165, 1.54) is 12.1 Å². The lowest BCUT2D eigenvalue weighted by atomic mass is 10.3. The predicted molar refractivity (Wildman–Crippen MR) is 68.9 cm³/mol. The lowest BCUT2D eigenvalue weighted by molar-refractivity contribution is 0.290. The van der Waals surface area contributed by atoms with Gasteiger partial charge in [0.15, 0.2) is 0 Å². The van der Waals surface area contributed by atoms with Gasteiger partial charge in [-0.05, 0) is 24.3 Å². The zero-order valence-corrected chi connectivity index (χ0v) is 10.8. The van der Waals surface area contributed by atoms with Crippen LogP contribution in [0.5, 0.6) is 5.88 Å². The van der Waals surface area contributed by atoms with Crippen LogP contribution in [0.2, 0.25) is 0 Å². The maximum atomic E-state index is 12.9. The summed E-state index contributed by atoms with van der Waals surface area (Å²) in [7, 11) is 1.79. The van der Waals surface area contributed by atoms with Crippen LogP contribution in [-0.2, 0) is 13.7 Å². The van der Waals surface area contributed by atoms with Crippen LogP contribution in [0.15, 0.2) is 43.0 Å². The van der Waals surface area contributed by atoms with E-state index in [0.29, 0.717) is 12.5 Å². The largest absolute Gasteiger partial charge is 0.470 e. The van der Waals surface area contributed by atoms with Crippen molar-refractivity contribution in [2.75, 3.05) is 0 Å². The molecule has 0 fully saturated rings. The zero-order valence-electron chi connectivity index (χ0n) is 10.8. The Morgan fingerprint density at radius 1 is 1.20 bits per heavy atom. The predicted octanol–water partition coefficient (Wildman–Crippen LogP) is 1.72. The number of benzene rings is 1. The normalized spacial score (nSPS) is 10.7. The van der Waals surface area contributed by atoms with Crippen molar-refractivity contribution in [3.05, 3.63) is 54.5 Å². The number of hydrogen-bond donors (Lipinski definition) is 0. The summed E-state index contributed by atoms with van der Waals surface area (Å²) >= 11 is 0. The fourth-order valence-electron chi connectivity index (χ4n) is 1.74. The Hall–Kier alpha value is -2.70. The number of aromatic nitrogens is 5. The molecule has 102 valence electrons. The summed E-state index contributed by atoms with van der Waals surface area (Å²) in [5, 5.41) is 7.73. The Morgan fingerprint density at radius 3 is 2.70 bits per heavy atom. The fourth-order valence-corrected chi connectivity index (χ4v) is 1.74. The first kappa shape index (κ1) is 12.3. The van der Waals surface area contributed by atoms with E-state index in [-0.39, 0.29) is 5.82 Å². The van der Waals surface area contributed by atoms with E-state index in [4.69, 9.17) is 4.74 Å². The Bertz CT molecular complexity index is 704. The maximum Gasteiger partial charge on any atom is 0.232 e. The third-order valence-corrected chi connectivity index (χ3v) is 2.70. The molecule has 0 aliphatic heterocycles. The second-order valence-corrected chi connectivity index (χ2v) is 4.27. The summed E-state index contributed by atoms with van der Waals surface area (Å²) < 4.78 is 21.7. The Balaban J connectivity index is 1.69. The highest BCUT2D eigenvalue weighted by Crippen LogP contribution is 2.14. The summed E-state index contributed by atoms with van der Waals surface area (Å²) in [4.78, 5) is 4.13. The first-order chi connectivity index (χ1) is 9.70. The van der Waals surface area contributed by atoms with Crippen LogP contribution in [0.3, 0.4) is 0 Å². The molecule has 0 N–H and O–H groups in total. The van der Waals surface area contributed by atoms with Crippen molar-refractivity contribution in [1.29, 1.82) is 0 Å². The molecule has 0 atom stereocenters. The molecule has 6 nitrogen and oxygen atoms in total. The molecule has 0 radical (unpaired) electrons. The van der Waals surface area contributed by atoms with Crippen LogP contribution in [0.4, 0.5) is 4.39 Å². The molecular formula is C13H12FN5O. The molecule has 7 heteroatoms. The number of ether oxygens (including phenoxy) is 1. The number of imidazole rings is 1. The van der Waals surface area contributed by atoms with Gasteiger partial charge in [0, 0.05) is 12.7 Å². The number of rotatable bonds is 4. The molecule has 3 aromatic rings. The molecule has 0 unspecified atom stereocenters. The fraction of sp³-hybridized carbons (Fsp3) is 0.154. The molecule has 3 rings (SSSR count). The molecule has 1 aromatic carbocycles. The van der Waals surface area contributed by atoms with Crippen molar-refractivity contribution >= 4 is 0 Å². The van der Waals surface area contributed by atoms with Gasteiger partial charge < -0.3 is 9.30 Å². The van der Waals surface area contributed by atoms with Gasteiger partial charge in [0.25, 0.3) is 0 Å². The minimum atomic E-state index is -0.270. The van der Waals surface area contributed by atoms with Gasteiger partial charge in [0.1, 0.15) is 24.4 Å². The third-order valence-electron chi connectivity index (χ3n) is 2.70. The molecule has 0 aliphatic rings. The van der Waals surface area contributed by atoms with Crippen LogP contribution in [0.25, 0.3) is 5.69 Å². The van der Waals surface area contributed by atoms with Gasteiger partial charge in [-0.25, -0.2) is 9.37 Å². The first-order valence-electron chi connectivity index (χ1n) is 5.98. The molecule has 2 heterocycles. The van der Waals surface area contributed by atoms with Crippen molar-refractivity contribution in [3.8, 4) is 11.6 Å². The van der Waals surface area contributed by atoms with Crippen molar-refractivity contribution in [3.63, 3.8) is 0 Å². The van der Waals surface area contributed by atoms with E-state index in [0.717, 1.165) is 11.4 Å². The van der Waals surface area contributed by atoms with Crippen LogP contribution in [0, 0.1) is 5.82 Å². The standard InChI is InChI=1S/C13H12FN5O/c1-18-6-11(16-17-18)8-20-13-7-19(9-15-13)12-4-2-10(14)3-5-12/h2-7,9H,8H2,1H3. The minimum absolute atomic E-state index is 0.270. The minimum Gasteiger partial charge on any atom is -0.470 e. The van der Waals surface area contributed by atoms with Crippen LogP contribution < -0.4 is 4.74 Å². The van der Waals surface area contributed by atoms with Crippen molar-refractivity contribution < 1.29 is 9.13 Å². The molecule has 2 aromatic heterocycles. The third kappa shape index (κ3) is 2.66. The summed E-state index contributed by atoms with van der Waals surface area (Å²) in [6.45, 7) is 0.300. The summed E-state index contributed by atoms with van der Waals surface area (Å²) in [5.41, 5.74) is 1.54. The molecule has 0 spiro atoms. The number of nitrogens with zero attached hydrogens (tertiary/aromatic N) is 5. The lowest BCUT2D eigenvalue weighted by Gasteiger charge is -2.01. The van der Waals surface area contributed by atoms with Gasteiger partial charge in [0.2, 0.25) is 5.88 Å². The van der Waals surface area contributed by atoms with Gasteiger partial charge in [-0.1, -0.05) is 5.21 Å². The number of halogens is 1. The SMILES string of the molecule is Cn1cc(COc2cn(-c3ccc(F)cc3)cn2)nn1. The molecule has 20 heavy (non-hydrogen) atoms. The zero-order chi connectivity index (χ0) is 13.9. The van der Waals surface area contributed by atoms with E-state index in [2.05, 4.69) is 15.3 Å². The van der Waals surface area contributed by atoms with E-state index < -0.39 is 0 Å². The summed E-state index contributed by atoms with van der Waals surface area (Å²) in [6.07, 6.45) is 5.11. The Morgan fingerprint density at radius 2 is 2.00 bits per heavy atom. The highest BCUT2D eigenvalue weighted by molar-refractivity contribution is 5.32. The Labute approximate surface area is 114 Å².